The molecule has 1 aromatic rings. The molecule has 4 atom stereocenters. The molecule has 2 heterocycles. The first kappa shape index (κ1) is 14.9. The van der Waals surface area contributed by atoms with E-state index in [2.05, 4.69) is 32.9 Å². The summed E-state index contributed by atoms with van der Waals surface area (Å²) in [6.45, 7) is 9.27. The van der Waals surface area contributed by atoms with Crippen molar-refractivity contribution in [1.29, 1.82) is 0 Å². The molecule has 0 radical (unpaired) electrons. The predicted octanol–water partition coefficient (Wildman–Crippen LogP) is 4.12. The van der Waals surface area contributed by atoms with Crippen LogP contribution >= 0.6 is 0 Å². The lowest BCUT2D eigenvalue weighted by Gasteiger charge is -2.40. The number of rotatable bonds is 3. The van der Waals surface area contributed by atoms with E-state index in [9.17, 15) is 0 Å². The van der Waals surface area contributed by atoms with Crippen molar-refractivity contribution in [2.45, 2.75) is 64.4 Å². The second kappa shape index (κ2) is 5.62. The van der Waals surface area contributed by atoms with Gasteiger partial charge in [0.1, 0.15) is 5.75 Å². The Morgan fingerprint density at radius 3 is 2.71 bits per heavy atom. The van der Waals surface area contributed by atoms with Gasteiger partial charge in [-0.1, -0.05) is 25.1 Å². The van der Waals surface area contributed by atoms with Gasteiger partial charge in [-0.15, -0.1) is 0 Å². The summed E-state index contributed by atoms with van der Waals surface area (Å²) in [5, 5.41) is 0. The number of fused-ring (bicyclic) bond motifs is 1. The van der Waals surface area contributed by atoms with Crippen molar-refractivity contribution in [3.63, 3.8) is 0 Å². The molecule has 0 N–H and O–H groups in total. The van der Waals surface area contributed by atoms with Crippen LogP contribution in [-0.4, -0.2) is 24.6 Å². The molecule has 1 aromatic carbocycles. The predicted molar refractivity (Wildman–Crippen MR) is 82.6 cm³/mol. The molecule has 0 aromatic heterocycles. The highest BCUT2D eigenvalue weighted by atomic mass is 16.7. The Balaban J connectivity index is 1.93. The van der Waals surface area contributed by atoms with Crippen LogP contribution in [-0.2, 0) is 9.47 Å². The van der Waals surface area contributed by atoms with E-state index in [1.54, 1.807) is 0 Å². The molecular formula is C18H26O3. The van der Waals surface area contributed by atoms with E-state index in [1.165, 1.54) is 5.56 Å². The van der Waals surface area contributed by atoms with Crippen molar-refractivity contribution in [1.82, 2.24) is 0 Å². The van der Waals surface area contributed by atoms with Gasteiger partial charge in [0.15, 0.2) is 0 Å². The highest BCUT2D eigenvalue weighted by Crippen LogP contribution is 2.47. The molecule has 0 saturated carbocycles. The van der Waals surface area contributed by atoms with Crippen molar-refractivity contribution in [2.75, 3.05) is 6.61 Å². The van der Waals surface area contributed by atoms with Gasteiger partial charge in [0.25, 0.3) is 0 Å². The molecule has 2 aliphatic rings. The van der Waals surface area contributed by atoms with Crippen LogP contribution in [0.1, 0.15) is 52.0 Å². The largest absolute Gasteiger partial charge is 0.464 e. The van der Waals surface area contributed by atoms with Gasteiger partial charge < -0.3 is 14.2 Å². The fraction of sp³-hybridized carbons (Fsp3) is 0.667. The van der Waals surface area contributed by atoms with Crippen LogP contribution in [0.25, 0.3) is 0 Å². The van der Waals surface area contributed by atoms with Crippen molar-refractivity contribution in [3.05, 3.63) is 29.8 Å². The first-order valence-electron chi connectivity index (χ1n) is 8.07. The van der Waals surface area contributed by atoms with E-state index in [0.717, 1.165) is 18.6 Å². The van der Waals surface area contributed by atoms with E-state index in [4.69, 9.17) is 14.2 Å². The Hall–Kier alpha value is -1.06. The molecular weight excluding hydrogens is 264 g/mol. The summed E-state index contributed by atoms with van der Waals surface area (Å²) >= 11 is 0. The molecule has 0 aliphatic carbocycles. The highest BCUT2D eigenvalue weighted by Gasteiger charge is 2.45. The van der Waals surface area contributed by atoms with E-state index >= 15 is 0 Å². The minimum Gasteiger partial charge on any atom is -0.464 e. The first-order valence-corrected chi connectivity index (χ1v) is 8.07. The van der Waals surface area contributed by atoms with Gasteiger partial charge in [0, 0.05) is 24.0 Å². The third-order valence-corrected chi connectivity index (χ3v) is 4.75. The maximum atomic E-state index is 6.33. The van der Waals surface area contributed by atoms with Crippen LogP contribution in [0.5, 0.6) is 5.75 Å². The fourth-order valence-electron chi connectivity index (χ4n) is 3.71. The zero-order chi connectivity index (χ0) is 15.0. The van der Waals surface area contributed by atoms with Crippen LogP contribution in [0, 0.1) is 5.92 Å². The second-order valence-corrected chi connectivity index (χ2v) is 6.82. The topological polar surface area (TPSA) is 27.7 Å². The summed E-state index contributed by atoms with van der Waals surface area (Å²) in [6.07, 6.45) is 2.29. The maximum Gasteiger partial charge on any atom is 0.203 e. The lowest BCUT2D eigenvalue weighted by molar-refractivity contribution is -0.140. The molecule has 1 saturated heterocycles. The monoisotopic (exact) mass is 290 g/mol. The Kier molecular flexibility index (Phi) is 3.98. The molecule has 1 fully saturated rings. The molecule has 3 rings (SSSR count). The van der Waals surface area contributed by atoms with Gasteiger partial charge >= 0.3 is 0 Å². The summed E-state index contributed by atoms with van der Waals surface area (Å²) in [4.78, 5) is 0. The fourth-order valence-corrected chi connectivity index (χ4v) is 3.71. The molecule has 0 amide bonds. The Morgan fingerprint density at radius 1 is 1.29 bits per heavy atom. The summed E-state index contributed by atoms with van der Waals surface area (Å²) in [7, 11) is 0. The molecule has 3 nitrogen and oxygen atoms in total. The van der Waals surface area contributed by atoms with Gasteiger partial charge in [-0.05, 0) is 39.7 Å². The van der Waals surface area contributed by atoms with Gasteiger partial charge in [0.05, 0.1) is 11.7 Å². The Bertz CT molecular complexity index is 497. The van der Waals surface area contributed by atoms with Gasteiger partial charge in [-0.3, -0.25) is 0 Å². The number of ether oxygens (including phenoxy) is 3. The maximum absolute atomic E-state index is 6.33. The lowest BCUT2D eigenvalue weighted by Crippen LogP contribution is -2.41. The number of hydrogen-bond donors (Lipinski definition) is 0. The van der Waals surface area contributed by atoms with E-state index < -0.39 is 0 Å². The zero-order valence-electron chi connectivity index (χ0n) is 13.5. The van der Waals surface area contributed by atoms with Crippen LogP contribution in [0.3, 0.4) is 0 Å². The normalized spacial score (nSPS) is 34.3. The van der Waals surface area contributed by atoms with Gasteiger partial charge in [0.2, 0.25) is 6.29 Å². The van der Waals surface area contributed by atoms with Crippen molar-refractivity contribution in [2.24, 2.45) is 5.92 Å². The third kappa shape index (κ3) is 2.82. The first-order chi connectivity index (χ1) is 10.0. The van der Waals surface area contributed by atoms with Crippen molar-refractivity contribution >= 4 is 0 Å². The minimum atomic E-state index is -0.179. The Morgan fingerprint density at radius 2 is 2.05 bits per heavy atom. The quantitative estimate of drug-likeness (QED) is 0.838. The standard InChI is InChI=1S/C18H26O3/c1-5-19-17-12(2)16(15-10-11-18(3,4)21-15)13-8-6-7-9-14(13)20-17/h6-9,12,15-17H,5,10-11H2,1-4H3/t12-,15+,16+,17+/m0/s1. The SMILES string of the molecule is CCO[C@@H]1Oc2ccccc2[C@H]([C@H]2CCC(C)(C)O2)[C@@H]1C. The molecule has 116 valence electrons. The van der Waals surface area contributed by atoms with E-state index in [1.807, 2.05) is 19.1 Å². The summed E-state index contributed by atoms with van der Waals surface area (Å²) in [6, 6.07) is 8.32. The molecule has 0 unspecified atom stereocenters. The molecule has 0 spiro atoms. The smallest absolute Gasteiger partial charge is 0.203 e. The van der Waals surface area contributed by atoms with Crippen LogP contribution in [0.4, 0.5) is 0 Å². The van der Waals surface area contributed by atoms with Gasteiger partial charge in [-0.25, -0.2) is 0 Å². The van der Waals surface area contributed by atoms with Gasteiger partial charge in [-0.2, -0.15) is 0 Å². The lowest BCUT2D eigenvalue weighted by atomic mass is 9.79. The van der Waals surface area contributed by atoms with E-state index in [-0.39, 0.29) is 18.0 Å². The molecule has 0 bridgehead atoms. The zero-order valence-corrected chi connectivity index (χ0v) is 13.5. The van der Waals surface area contributed by atoms with Crippen LogP contribution in [0.15, 0.2) is 24.3 Å². The van der Waals surface area contributed by atoms with Crippen molar-refractivity contribution < 1.29 is 14.2 Å². The number of hydrogen-bond acceptors (Lipinski definition) is 3. The Labute approximate surface area is 127 Å². The average Bonchev–Trinajstić information content (AvgIpc) is 2.80. The number of benzene rings is 1. The number of para-hydroxylation sites is 1. The molecule has 3 heteroatoms. The minimum absolute atomic E-state index is 0.0151. The highest BCUT2D eigenvalue weighted by molar-refractivity contribution is 5.39. The summed E-state index contributed by atoms with van der Waals surface area (Å²) in [5.74, 6) is 1.58. The van der Waals surface area contributed by atoms with Crippen LogP contribution in [0.2, 0.25) is 0 Å². The summed E-state index contributed by atoms with van der Waals surface area (Å²) < 4.78 is 18.2. The third-order valence-electron chi connectivity index (χ3n) is 4.75. The van der Waals surface area contributed by atoms with E-state index in [0.29, 0.717) is 18.4 Å². The average molecular weight is 290 g/mol. The molecule has 2 aliphatic heterocycles. The van der Waals surface area contributed by atoms with Crippen LogP contribution < -0.4 is 4.74 Å². The molecule has 21 heavy (non-hydrogen) atoms. The second-order valence-electron chi connectivity index (χ2n) is 6.82. The van der Waals surface area contributed by atoms with Crippen molar-refractivity contribution in [3.8, 4) is 5.75 Å². The summed E-state index contributed by atoms with van der Waals surface area (Å²) in [5.41, 5.74) is 1.25.